The van der Waals surface area contributed by atoms with Gasteiger partial charge in [0.25, 0.3) is 0 Å². The van der Waals surface area contributed by atoms with Crippen LogP contribution in [0.2, 0.25) is 0 Å². The Morgan fingerprint density at radius 2 is 2.30 bits per heavy atom. The zero-order chi connectivity index (χ0) is 6.97. The Bertz CT molecular complexity index is 351. The lowest BCUT2D eigenvalue weighted by atomic mass is 10.2. The molecule has 10 heavy (non-hydrogen) atoms. The van der Waals surface area contributed by atoms with E-state index < -0.39 is 0 Å². The predicted molar refractivity (Wildman–Crippen MR) is 40.6 cm³/mol. The van der Waals surface area contributed by atoms with Crippen LogP contribution in [0.3, 0.4) is 0 Å². The quantitative estimate of drug-likeness (QED) is 0.543. The Labute approximate surface area is 61.9 Å². The summed E-state index contributed by atoms with van der Waals surface area (Å²) in [6.07, 6.45) is 0. The molecule has 0 saturated carbocycles. The Kier molecular flexibility index (Phi) is 1.21. The first-order chi connectivity index (χ1) is 4.86. The Balaban J connectivity index is 2.86. The summed E-state index contributed by atoms with van der Waals surface area (Å²) in [4.78, 5) is 0. The van der Waals surface area contributed by atoms with E-state index in [1.54, 1.807) is 6.07 Å². The molecule has 0 bridgehead atoms. The lowest BCUT2D eigenvalue weighted by molar-refractivity contribution is 0.630. The van der Waals surface area contributed by atoms with Crippen LogP contribution in [0.1, 0.15) is 0 Å². The summed E-state index contributed by atoms with van der Waals surface area (Å²) in [6, 6.07) is 4.71. The number of hydrogen-bond acceptors (Lipinski definition) is 1. The first-order valence-corrected chi connectivity index (χ1v) is 3.79. The van der Waals surface area contributed by atoms with Gasteiger partial charge in [-0.05, 0) is 22.9 Å². The molecule has 0 amide bonds. The summed E-state index contributed by atoms with van der Waals surface area (Å²) in [5, 5.41) is 6.84. The maximum Gasteiger partial charge on any atom is 0.123 e. The second kappa shape index (κ2) is 2.06. The third kappa shape index (κ3) is 0.809. The van der Waals surface area contributed by atoms with E-state index in [-0.39, 0.29) is 5.82 Å². The number of benzene rings is 1. The van der Waals surface area contributed by atoms with Crippen LogP contribution in [0, 0.1) is 11.2 Å². The molecule has 49 valence electrons. The van der Waals surface area contributed by atoms with E-state index in [1.165, 1.54) is 23.5 Å². The normalized spacial score (nSPS) is 10.5. The highest BCUT2D eigenvalue weighted by atomic mass is 32.1. The Morgan fingerprint density at radius 1 is 1.40 bits per heavy atom. The first-order valence-electron chi connectivity index (χ1n) is 2.91. The topological polar surface area (TPSA) is 0 Å². The van der Waals surface area contributed by atoms with Gasteiger partial charge < -0.3 is 0 Å². The number of rotatable bonds is 0. The molecule has 0 unspecified atom stereocenters. The van der Waals surface area contributed by atoms with Crippen molar-refractivity contribution in [2.45, 2.75) is 0 Å². The van der Waals surface area contributed by atoms with E-state index in [1.807, 2.05) is 5.38 Å². The van der Waals surface area contributed by atoms with Crippen LogP contribution in [0.15, 0.2) is 23.6 Å². The second-order valence-corrected chi connectivity index (χ2v) is 2.74. The highest BCUT2D eigenvalue weighted by molar-refractivity contribution is 7.08. The van der Waals surface area contributed by atoms with Gasteiger partial charge in [-0.15, -0.1) is 11.3 Å². The molecule has 1 heterocycles. The number of fused-ring (bicyclic) bond motifs is 1. The summed E-state index contributed by atoms with van der Waals surface area (Å²) < 4.78 is 12.5. The van der Waals surface area contributed by atoms with E-state index in [0.717, 1.165) is 10.8 Å². The lowest BCUT2D eigenvalue weighted by Gasteiger charge is -1.86. The first kappa shape index (κ1) is 5.86. The molecule has 0 aliphatic rings. The van der Waals surface area contributed by atoms with Gasteiger partial charge in [0, 0.05) is 5.39 Å². The van der Waals surface area contributed by atoms with Crippen LogP contribution in [0.5, 0.6) is 0 Å². The molecule has 0 aliphatic heterocycles. The van der Waals surface area contributed by atoms with Crippen molar-refractivity contribution in [3.8, 4) is 0 Å². The Morgan fingerprint density at radius 3 is 3.20 bits per heavy atom. The summed E-state index contributed by atoms with van der Waals surface area (Å²) in [5.74, 6) is -0.192. The summed E-state index contributed by atoms with van der Waals surface area (Å²) in [5.41, 5.74) is 0. The van der Waals surface area contributed by atoms with Crippen molar-refractivity contribution in [3.63, 3.8) is 0 Å². The maximum absolute atomic E-state index is 12.5. The van der Waals surface area contributed by atoms with E-state index in [9.17, 15) is 4.39 Å². The molecule has 2 heteroatoms. The molecule has 2 rings (SSSR count). The molecular weight excluding hydrogens is 147 g/mol. The average molecular weight is 151 g/mol. The fourth-order valence-electron chi connectivity index (χ4n) is 0.876. The second-order valence-electron chi connectivity index (χ2n) is 2.07. The van der Waals surface area contributed by atoms with Gasteiger partial charge >= 0.3 is 0 Å². The molecule has 0 nitrogen and oxygen atoms in total. The highest BCUT2D eigenvalue weighted by Crippen LogP contribution is 2.18. The van der Waals surface area contributed by atoms with Crippen molar-refractivity contribution in [3.05, 3.63) is 34.8 Å². The van der Waals surface area contributed by atoms with Crippen molar-refractivity contribution >= 4 is 22.1 Å². The largest absolute Gasteiger partial charge is 0.207 e. The van der Waals surface area contributed by atoms with Crippen LogP contribution in [0.4, 0.5) is 4.39 Å². The molecule has 0 fully saturated rings. The van der Waals surface area contributed by atoms with Crippen LogP contribution in [0.25, 0.3) is 10.8 Å². The van der Waals surface area contributed by atoms with Gasteiger partial charge in [-0.25, -0.2) is 4.39 Å². The molecule has 2 aromatic rings. The number of hydrogen-bond donors (Lipinski definition) is 0. The van der Waals surface area contributed by atoms with Gasteiger partial charge in [0.1, 0.15) is 5.82 Å². The monoisotopic (exact) mass is 151 g/mol. The van der Waals surface area contributed by atoms with E-state index in [0.29, 0.717) is 0 Å². The summed E-state index contributed by atoms with van der Waals surface area (Å²) in [7, 11) is 0. The fraction of sp³-hybridized carbons (Fsp3) is 0. The molecule has 0 saturated heterocycles. The third-order valence-corrected chi connectivity index (χ3v) is 2.08. The van der Waals surface area contributed by atoms with Gasteiger partial charge in [0.05, 0.1) is 5.38 Å². The SMILES string of the molecule is Fc1ccc2cs[c]c2c1. The van der Waals surface area contributed by atoms with Crippen molar-refractivity contribution in [2.75, 3.05) is 0 Å². The van der Waals surface area contributed by atoms with Crippen molar-refractivity contribution in [1.29, 1.82) is 0 Å². The maximum atomic E-state index is 12.5. The van der Waals surface area contributed by atoms with Gasteiger partial charge in [-0.1, -0.05) is 6.07 Å². The van der Waals surface area contributed by atoms with Crippen molar-refractivity contribution in [2.24, 2.45) is 0 Å². The van der Waals surface area contributed by atoms with E-state index in [2.05, 4.69) is 5.38 Å². The van der Waals surface area contributed by atoms with Gasteiger partial charge in [-0.3, -0.25) is 0 Å². The molecule has 0 spiro atoms. The molecule has 0 N–H and O–H groups in total. The van der Waals surface area contributed by atoms with Crippen LogP contribution < -0.4 is 0 Å². The fourth-order valence-corrected chi connectivity index (χ4v) is 1.57. The zero-order valence-electron chi connectivity index (χ0n) is 5.10. The molecule has 1 aromatic heterocycles. The number of halogens is 1. The standard InChI is InChI=1S/C8H4FS/c9-8-2-1-6-4-10-5-7(6)3-8/h1-4H. The van der Waals surface area contributed by atoms with Crippen LogP contribution in [-0.4, -0.2) is 0 Å². The minimum Gasteiger partial charge on any atom is -0.207 e. The molecular formula is C8H4FS. The predicted octanol–water partition coefficient (Wildman–Crippen LogP) is 2.84. The van der Waals surface area contributed by atoms with Gasteiger partial charge in [0.15, 0.2) is 0 Å². The lowest BCUT2D eigenvalue weighted by Crippen LogP contribution is -1.69. The molecule has 0 aliphatic carbocycles. The van der Waals surface area contributed by atoms with Crippen molar-refractivity contribution < 1.29 is 4.39 Å². The minimum atomic E-state index is -0.192. The Hall–Kier alpha value is -0.890. The highest BCUT2D eigenvalue weighted by Gasteiger charge is 1.94. The van der Waals surface area contributed by atoms with E-state index in [4.69, 9.17) is 0 Å². The van der Waals surface area contributed by atoms with Crippen LogP contribution >= 0.6 is 11.3 Å². The summed E-state index contributed by atoms with van der Waals surface area (Å²) in [6.45, 7) is 0. The summed E-state index contributed by atoms with van der Waals surface area (Å²) >= 11 is 1.47. The molecule has 0 atom stereocenters. The number of thiophene rings is 1. The van der Waals surface area contributed by atoms with E-state index >= 15 is 0 Å². The van der Waals surface area contributed by atoms with Crippen LogP contribution in [-0.2, 0) is 0 Å². The molecule has 1 aromatic carbocycles. The molecule has 1 radical (unpaired) electrons. The van der Waals surface area contributed by atoms with Gasteiger partial charge in [-0.2, -0.15) is 0 Å². The van der Waals surface area contributed by atoms with Crippen molar-refractivity contribution in [1.82, 2.24) is 0 Å². The minimum absolute atomic E-state index is 0.192. The van der Waals surface area contributed by atoms with Gasteiger partial charge in [0.2, 0.25) is 0 Å². The average Bonchev–Trinajstić information content (AvgIpc) is 2.33. The smallest absolute Gasteiger partial charge is 0.123 e. The third-order valence-electron chi connectivity index (χ3n) is 1.37. The zero-order valence-corrected chi connectivity index (χ0v) is 5.91.